The van der Waals surface area contributed by atoms with Gasteiger partial charge in [0.05, 0.1) is 0 Å². The Bertz CT molecular complexity index is 433. The number of carbonyl (C=O) groups is 1. The van der Waals surface area contributed by atoms with E-state index in [0.29, 0.717) is 16.8 Å². The van der Waals surface area contributed by atoms with Crippen LogP contribution in [-0.2, 0) is 6.42 Å². The first-order valence-electron chi connectivity index (χ1n) is 6.24. The van der Waals surface area contributed by atoms with Crippen molar-refractivity contribution in [3.8, 4) is 0 Å². The lowest BCUT2D eigenvalue weighted by molar-refractivity contribution is 0.0934. The molecule has 0 saturated carbocycles. The zero-order valence-electron chi connectivity index (χ0n) is 10.4. The summed E-state index contributed by atoms with van der Waals surface area (Å²) < 4.78 is 0. The molecule has 98 valence electrons. The van der Waals surface area contributed by atoms with Crippen LogP contribution < -0.4 is 5.32 Å². The van der Waals surface area contributed by atoms with Gasteiger partial charge in [0.1, 0.15) is 5.15 Å². The van der Waals surface area contributed by atoms with Crippen molar-refractivity contribution < 1.29 is 4.79 Å². The van der Waals surface area contributed by atoms with Gasteiger partial charge in [0.15, 0.2) is 0 Å². The van der Waals surface area contributed by atoms with Crippen LogP contribution in [-0.4, -0.2) is 28.4 Å². The van der Waals surface area contributed by atoms with E-state index in [1.165, 1.54) is 0 Å². The van der Waals surface area contributed by atoms with Crippen molar-refractivity contribution in [3.63, 3.8) is 0 Å². The van der Waals surface area contributed by atoms with Crippen LogP contribution in [0.3, 0.4) is 0 Å². The molecule has 18 heavy (non-hydrogen) atoms. The number of nitrogens with zero attached hydrogens (tertiary/aromatic N) is 1. The third-order valence-electron chi connectivity index (χ3n) is 3.03. The second-order valence-electron chi connectivity index (χ2n) is 4.38. The van der Waals surface area contributed by atoms with Crippen LogP contribution in [0.1, 0.15) is 35.8 Å². The van der Waals surface area contributed by atoms with Crippen molar-refractivity contribution in [1.82, 2.24) is 10.3 Å². The van der Waals surface area contributed by atoms with Gasteiger partial charge in [0.2, 0.25) is 0 Å². The van der Waals surface area contributed by atoms with Crippen molar-refractivity contribution in [2.24, 2.45) is 0 Å². The summed E-state index contributed by atoms with van der Waals surface area (Å²) in [5, 5.41) is 3.46. The van der Waals surface area contributed by atoms with Gasteiger partial charge in [-0.1, -0.05) is 18.5 Å². The van der Waals surface area contributed by atoms with E-state index in [9.17, 15) is 4.79 Å². The standard InChI is InChI=1S/C13H17ClN2OS/c1-2-10-7-9(8-12(14)15-10)13(17)16-11-3-5-18-6-4-11/h7-8,11H,2-6H2,1H3,(H,16,17). The van der Waals surface area contributed by atoms with E-state index in [1.807, 2.05) is 24.8 Å². The molecule has 2 rings (SSSR count). The van der Waals surface area contributed by atoms with Gasteiger partial charge in [-0.25, -0.2) is 4.98 Å². The average Bonchev–Trinajstić information content (AvgIpc) is 2.39. The van der Waals surface area contributed by atoms with Crippen LogP contribution in [0, 0.1) is 0 Å². The van der Waals surface area contributed by atoms with E-state index in [1.54, 1.807) is 6.07 Å². The number of rotatable bonds is 3. The maximum atomic E-state index is 12.1. The number of thioether (sulfide) groups is 1. The average molecular weight is 285 g/mol. The van der Waals surface area contributed by atoms with Gasteiger partial charge in [-0.3, -0.25) is 4.79 Å². The minimum atomic E-state index is -0.0362. The van der Waals surface area contributed by atoms with Gasteiger partial charge in [-0.2, -0.15) is 11.8 Å². The number of aryl methyl sites for hydroxylation is 1. The van der Waals surface area contributed by atoms with Crippen LogP contribution >= 0.6 is 23.4 Å². The fourth-order valence-corrected chi connectivity index (χ4v) is 3.31. The van der Waals surface area contributed by atoms with Crippen LogP contribution in [0.4, 0.5) is 0 Å². The highest BCUT2D eigenvalue weighted by atomic mass is 35.5. The lowest BCUT2D eigenvalue weighted by Gasteiger charge is -2.22. The van der Waals surface area contributed by atoms with Gasteiger partial charge < -0.3 is 5.32 Å². The van der Waals surface area contributed by atoms with E-state index >= 15 is 0 Å². The number of pyridine rings is 1. The molecule has 0 spiro atoms. The second-order valence-corrected chi connectivity index (χ2v) is 6.00. The third kappa shape index (κ3) is 3.62. The number of nitrogens with one attached hydrogen (secondary N) is 1. The Morgan fingerprint density at radius 2 is 2.22 bits per heavy atom. The molecule has 1 aliphatic rings. The predicted molar refractivity (Wildman–Crippen MR) is 76.4 cm³/mol. The van der Waals surface area contributed by atoms with Gasteiger partial charge in [-0.15, -0.1) is 0 Å². The van der Waals surface area contributed by atoms with Crippen LogP contribution in [0.2, 0.25) is 5.15 Å². The van der Waals surface area contributed by atoms with Gasteiger partial charge in [0.25, 0.3) is 5.91 Å². The van der Waals surface area contributed by atoms with Crippen molar-refractivity contribution >= 4 is 29.3 Å². The second kappa shape index (κ2) is 6.43. The Balaban J connectivity index is 2.05. The molecule has 1 aliphatic heterocycles. The Hall–Kier alpha value is -0.740. The Morgan fingerprint density at radius 3 is 2.89 bits per heavy atom. The molecular weight excluding hydrogens is 268 g/mol. The summed E-state index contributed by atoms with van der Waals surface area (Å²) in [5.74, 6) is 2.22. The summed E-state index contributed by atoms with van der Waals surface area (Å²) in [6.45, 7) is 2.00. The smallest absolute Gasteiger partial charge is 0.251 e. The Kier molecular flexibility index (Phi) is 4.89. The Labute approximate surface area is 117 Å². The van der Waals surface area contributed by atoms with E-state index in [4.69, 9.17) is 11.6 Å². The molecule has 0 radical (unpaired) electrons. The largest absolute Gasteiger partial charge is 0.349 e. The maximum Gasteiger partial charge on any atom is 0.251 e. The lowest BCUT2D eigenvalue weighted by atomic mass is 10.1. The number of halogens is 1. The normalized spacial score (nSPS) is 16.6. The quantitative estimate of drug-likeness (QED) is 0.868. The van der Waals surface area contributed by atoms with Crippen molar-refractivity contribution in [2.75, 3.05) is 11.5 Å². The van der Waals surface area contributed by atoms with Crippen LogP contribution in [0.25, 0.3) is 0 Å². The summed E-state index contributed by atoms with van der Waals surface area (Å²) in [6.07, 6.45) is 2.88. The van der Waals surface area contributed by atoms with E-state index in [0.717, 1.165) is 36.5 Å². The van der Waals surface area contributed by atoms with Gasteiger partial charge >= 0.3 is 0 Å². The number of hydrogen-bond donors (Lipinski definition) is 1. The first-order valence-corrected chi connectivity index (χ1v) is 7.77. The minimum absolute atomic E-state index is 0.0362. The van der Waals surface area contributed by atoms with Crippen molar-refractivity contribution in [1.29, 1.82) is 0 Å². The predicted octanol–water partition coefficient (Wildman–Crippen LogP) is 2.92. The number of aromatic nitrogens is 1. The highest BCUT2D eigenvalue weighted by Gasteiger charge is 2.17. The minimum Gasteiger partial charge on any atom is -0.349 e. The fraction of sp³-hybridized carbons (Fsp3) is 0.538. The molecule has 1 aromatic rings. The SMILES string of the molecule is CCc1cc(C(=O)NC2CCSCC2)cc(Cl)n1. The van der Waals surface area contributed by atoms with E-state index < -0.39 is 0 Å². The topological polar surface area (TPSA) is 42.0 Å². The van der Waals surface area contributed by atoms with Crippen LogP contribution in [0.15, 0.2) is 12.1 Å². The molecule has 1 N–H and O–H groups in total. The monoisotopic (exact) mass is 284 g/mol. The molecule has 0 aromatic carbocycles. The summed E-state index contributed by atoms with van der Waals surface area (Å²) >= 11 is 7.87. The molecule has 0 bridgehead atoms. The van der Waals surface area contributed by atoms with Gasteiger partial charge in [0, 0.05) is 17.3 Å². The lowest BCUT2D eigenvalue weighted by Crippen LogP contribution is -2.37. The van der Waals surface area contributed by atoms with E-state index in [-0.39, 0.29) is 5.91 Å². The molecule has 1 amide bonds. The third-order valence-corrected chi connectivity index (χ3v) is 4.27. The first-order chi connectivity index (χ1) is 8.69. The first kappa shape index (κ1) is 13.7. The molecule has 5 heteroatoms. The molecule has 1 saturated heterocycles. The number of carbonyl (C=O) groups excluding carboxylic acids is 1. The van der Waals surface area contributed by atoms with Crippen LogP contribution in [0.5, 0.6) is 0 Å². The molecule has 2 heterocycles. The fourth-order valence-electron chi connectivity index (χ4n) is 1.97. The summed E-state index contributed by atoms with van der Waals surface area (Å²) in [4.78, 5) is 16.3. The molecule has 1 fully saturated rings. The van der Waals surface area contributed by atoms with Crippen molar-refractivity contribution in [3.05, 3.63) is 28.5 Å². The zero-order valence-corrected chi connectivity index (χ0v) is 12.0. The molecule has 0 atom stereocenters. The summed E-state index contributed by atoms with van der Waals surface area (Å²) in [7, 11) is 0. The van der Waals surface area contributed by atoms with E-state index in [2.05, 4.69) is 10.3 Å². The summed E-state index contributed by atoms with van der Waals surface area (Å²) in [6, 6.07) is 3.75. The molecule has 0 unspecified atom stereocenters. The number of hydrogen-bond acceptors (Lipinski definition) is 3. The molecule has 3 nitrogen and oxygen atoms in total. The van der Waals surface area contributed by atoms with Crippen molar-refractivity contribution in [2.45, 2.75) is 32.2 Å². The molecule has 1 aromatic heterocycles. The van der Waals surface area contributed by atoms with Gasteiger partial charge in [-0.05, 0) is 42.9 Å². The zero-order chi connectivity index (χ0) is 13.0. The number of amides is 1. The highest BCUT2D eigenvalue weighted by molar-refractivity contribution is 7.99. The Morgan fingerprint density at radius 1 is 1.50 bits per heavy atom. The maximum absolute atomic E-state index is 12.1. The molecular formula is C13H17ClN2OS. The summed E-state index contributed by atoms with van der Waals surface area (Å²) in [5.41, 5.74) is 1.47. The highest BCUT2D eigenvalue weighted by Crippen LogP contribution is 2.18. The molecule has 0 aliphatic carbocycles.